The molecule has 0 unspecified atom stereocenters. The van der Waals surface area contributed by atoms with Crippen molar-refractivity contribution in [2.45, 2.75) is 0 Å². The fraction of sp³-hybridized carbons (Fsp3) is 0.176. The first-order chi connectivity index (χ1) is 12.1. The van der Waals surface area contributed by atoms with Crippen LogP contribution in [0.1, 0.15) is 10.4 Å². The van der Waals surface area contributed by atoms with Crippen LogP contribution in [0.5, 0.6) is 17.2 Å². The first-order valence-electron chi connectivity index (χ1n) is 7.49. The molecule has 2 aromatic rings. The van der Waals surface area contributed by atoms with Crippen LogP contribution in [-0.4, -0.2) is 31.6 Å². The molecule has 0 saturated heterocycles. The highest BCUT2D eigenvalue weighted by atomic mass is 35.5. The highest BCUT2D eigenvalue weighted by molar-refractivity contribution is 6.30. The Morgan fingerprint density at radius 2 is 1.72 bits per heavy atom. The Hall–Kier alpha value is -2.93. The van der Waals surface area contributed by atoms with Crippen LogP contribution in [0.2, 0.25) is 5.02 Å². The molecule has 7 nitrogen and oxygen atoms in total. The van der Waals surface area contributed by atoms with E-state index in [2.05, 4.69) is 10.9 Å². The number of hydrogen-bond donors (Lipinski definition) is 2. The number of halogens is 1. The van der Waals surface area contributed by atoms with Gasteiger partial charge in [0.2, 0.25) is 0 Å². The maximum Gasteiger partial charge on any atom is 0.276 e. The van der Waals surface area contributed by atoms with Gasteiger partial charge in [0.05, 0.1) is 0 Å². The van der Waals surface area contributed by atoms with Crippen molar-refractivity contribution in [2.75, 3.05) is 19.8 Å². The Bertz CT molecular complexity index is 779. The minimum absolute atomic E-state index is 0.247. The zero-order chi connectivity index (χ0) is 17.6. The fourth-order valence-corrected chi connectivity index (χ4v) is 2.23. The lowest BCUT2D eigenvalue weighted by Crippen LogP contribution is -2.43. The van der Waals surface area contributed by atoms with Crippen LogP contribution in [0.15, 0.2) is 42.5 Å². The van der Waals surface area contributed by atoms with Gasteiger partial charge in [-0.2, -0.15) is 0 Å². The molecule has 2 aromatic carbocycles. The molecule has 8 heteroatoms. The molecule has 1 aliphatic rings. The van der Waals surface area contributed by atoms with Crippen molar-refractivity contribution in [2.24, 2.45) is 0 Å². The van der Waals surface area contributed by atoms with E-state index < -0.39 is 11.8 Å². The van der Waals surface area contributed by atoms with Crippen LogP contribution in [0.25, 0.3) is 0 Å². The van der Waals surface area contributed by atoms with E-state index in [1.807, 2.05) is 0 Å². The fourth-order valence-electron chi connectivity index (χ4n) is 2.10. The molecule has 2 N–H and O–H groups in total. The summed E-state index contributed by atoms with van der Waals surface area (Å²) in [6.07, 6.45) is 0. The van der Waals surface area contributed by atoms with Gasteiger partial charge < -0.3 is 14.2 Å². The summed E-state index contributed by atoms with van der Waals surface area (Å²) in [6.45, 7) is 0.655. The SMILES string of the molecule is O=C(COc1ccc(Cl)cc1)NNC(=O)c1ccc2c(c1)OCCO2. The van der Waals surface area contributed by atoms with Gasteiger partial charge in [0.25, 0.3) is 11.8 Å². The minimum atomic E-state index is -0.499. The lowest BCUT2D eigenvalue weighted by molar-refractivity contribution is -0.123. The Labute approximate surface area is 148 Å². The molecule has 2 amide bonds. The molecule has 0 bridgehead atoms. The Morgan fingerprint density at radius 1 is 1.00 bits per heavy atom. The van der Waals surface area contributed by atoms with E-state index in [1.165, 1.54) is 0 Å². The summed E-state index contributed by atoms with van der Waals surface area (Å²) in [6, 6.07) is 11.4. The number of rotatable bonds is 4. The number of hydrogen-bond acceptors (Lipinski definition) is 5. The van der Waals surface area contributed by atoms with Gasteiger partial charge in [-0.05, 0) is 42.5 Å². The van der Waals surface area contributed by atoms with Crippen molar-refractivity contribution in [3.8, 4) is 17.2 Å². The average Bonchev–Trinajstić information content (AvgIpc) is 2.65. The van der Waals surface area contributed by atoms with Crippen LogP contribution in [0.3, 0.4) is 0 Å². The van der Waals surface area contributed by atoms with Gasteiger partial charge in [-0.3, -0.25) is 20.4 Å². The molecule has 0 fully saturated rings. The van der Waals surface area contributed by atoms with E-state index >= 15 is 0 Å². The number of fused-ring (bicyclic) bond motifs is 1. The zero-order valence-electron chi connectivity index (χ0n) is 13.1. The van der Waals surface area contributed by atoms with Crippen LogP contribution < -0.4 is 25.1 Å². The quantitative estimate of drug-likeness (QED) is 0.812. The Balaban J connectivity index is 1.48. The number of carbonyl (C=O) groups excluding carboxylic acids is 2. The third kappa shape index (κ3) is 4.54. The van der Waals surface area contributed by atoms with Gasteiger partial charge in [0.1, 0.15) is 19.0 Å². The highest BCUT2D eigenvalue weighted by Crippen LogP contribution is 2.30. The van der Waals surface area contributed by atoms with E-state index in [0.29, 0.717) is 41.0 Å². The molecule has 0 radical (unpaired) electrons. The third-order valence-electron chi connectivity index (χ3n) is 3.30. The molecule has 25 heavy (non-hydrogen) atoms. The maximum absolute atomic E-state index is 12.1. The number of carbonyl (C=O) groups is 2. The van der Waals surface area contributed by atoms with Gasteiger partial charge in [-0.15, -0.1) is 0 Å². The number of amides is 2. The maximum atomic E-state index is 12.1. The largest absolute Gasteiger partial charge is 0.486 e. The molecular weight excluding hydrogens is 348 g/mol. The Morgan fingerprint density at radius 3 is 2.48 bits per heavy atom. The molecule has 3 rings (SSSR count). The van der Waals surface area contributed by atoms with E-state index in [1.54, 1.807) is 42.5 Å². The lowest BCUT2D eigenvalue weighted by Gasteiger charge is -2.18. The van der Waals surface area contributed by atoms with E-state index in [0.717, 1.165) is 0 Å². The van der Waals surface area contributed by atoms with Crippen molar-refractivity contribution in [1.29, 1.82) is 0 Å². The van der Waals surface area contributed by atoms with Crippen LogP contribution in [0.4, 0.5) is 0 Å². The molecule has 0 aliphatic carbocycles. The average molecular weight is 363 g/mol. The molecule has 0 saturated carbocycles. The molecule has 1 aliphatic heterocycles. The second-order valence-corrected chi connectivity index (χ2v) is 5.54. The lowest BCUT2D eigenvalue weighted by atomic mass is 10.2. The molecule has 0 aromatic heterocycles. The van der Waals surface area contributed by atoms with E-state index in [4.69, 9.17) is 25.8 Å². The number of hydrazine groups is 1. The van der Waals surface area contributed by atoms with Gasteiger partial charge in [-0.1, -0.05) is 11.6 Å². The summed E-state index contributed by atoms with van der Waals surface area (Å²) in [7, 11) is 0. The standard InChI is InChI=1S/C17H15ClN2O5/c18-12-2-4-13(5-3-12)25-10-16(21)19-20-17(22)11-1-6-14-15(9-11)24-8-7-23-14/h1-6,9H,7-8,10H2,(H,19,21)(H,20,22). The molecule has 0 atom stereocenters. The third-order valence-corrected chi connectivity index (χ3v) is 3.56. The van der Waals surface area contributed by atoms with Gasteiger partial charge in [0.15, 0.2) is 18.1 Å². The second-order valence-electron chi connectivity index (χ2n) is 5.10. The number of ether oxygens (including phenoxy) is 3. The molecule has 0 spiro atoms. The van der Waals surface area contributed by atoms with E-state index in [-0.39, 0.29) is 6.61 Å². The summed E-state index contributed by atoms with van der Waals surface area (Å²) in [5.41, 5.74) is 4.93. The molecular formula is C17H15ClN2O5. The Kier molecular flexibility index (Phi) is 5.25. The monoisotopic (exact) mass is 362 g/mol. The predicted octanol–water partition coefficient (Wildman–Crippen LogP) is 1.95. The summed E-state index contributed by atoms with van der Waals surface area (Å²) >= 11 is 5.76. The van der Waals surface area contributed by atoms with Crippen molar-refractivity contribution >= 4 is 23.4 Å². The minimum Gasteiger partial charge on any atom is -0.486 e. The molecule has 1 heterocycles. The van der Waals surface area contributed by atoms with Gasteiger partial charge >= 0.3 is 0 Å². The summed E-state index contributed by atoms with van der Waals surface area (Å²) < 4.78 is 16.1. The topological polar surface area (TPSA) is 85.9 Å². The normalized spacial score (nSPS) is 12.2. The first kappa shape index (κ1) is 16.9. The van der Waals surface area contributed by atoms with Crippen molar-refractivity contribution in [3.05, 3.63) is 53.1 Å². The van der Waals surface area contributed by atoms with Crippen molar-refractivity contribution in [1.82, 2.24) is 10.9 Å². The number of benzene rings is 2. The molecule has 130 valence electrons. The van der Waals surface area contributed by atoms with Crippen LogP contribution in [-0.2, 0) is 4.79 Å². The van der Waals surface area contributed by atoms with Crippen LogP contribution in [0, 0.1) is 0 Å². The van der Waals surface area contributed by atoms with Gasteiger partial charge in [-0.25, -0.2) is 0 Å². The first-order valence-corrected chi connectivity index (χ1v) is 7.87. The van der Waals surface area contributed by atoms with E-state index in [9.17, 15) is 9.59 Å². The summed E-state index contributed by atoms with van der Waals surface area (Å²) in [5.74, 6) is 0.606. The smallest absolute Gasteiger partial charge is 0.276 e. The van der Waals surface area contributed by atoms with Crippen molar-refractivity contribution in [3.63, 3.8) is 0 Å². The second kappa shape index (κ2) is 7.76. The highest BCUT2D eigenvalue weighted by Gasteiger charge is 2.15. The van der Waals surface area contributed by atoms with Crippen LogP contribution >= 0.6 is 11.6 Å². The number of nitrogens with one attached hydrogen (secondary N) is 2. The summed E-state index contributed by atoms with van der Waals surface area (Å²) in [4.78, 5) is 23.8. The van der Waals surface area contributed by atoms with Crippen molar-refractivity contribution < 1.29 is 23.8 Å². The predicted molar refractivity (Wildman–Crippen MR) is 90.0 cm³/mol. The van der Waals surface area contributed by atoms with Gasteiger partial charge in [0, 0.05) is 10.6 Å². The summed E-state index contributed by atoms with van der Waals surface area (Å²) in [5, 5.41) is 0.573. The zero-order valence-corrected chi connectivity index (χ0v) is 13.8.